The van der Waals surface area contributed by atoms with Crippen molar-refractivity contribution < 1.29 is 19.0 Å². The summed E-state index contributed by atoms with van der Waals surface area (Å²) >= 11 is 0. The molecular weight excluding hydrogens is 263 g/mol. The molecule has 1 aromatic carbocycles. The van der Waals surface area contributed by atoms with E-state index in [0.717, 1.165) is 6.42 Å². The van der Waals surface area contributed by atoms with Gasteiger partial charge in [0.05, 0.1) is 7.11 Å². The van der Waals surface area contributed by atoms with Crippen LogP contribution in [-0.4, -0.2) is 30.9 Å². The van der Waals surface area contributed by atoms with Gasteiger partial charge in [0.1, 0.15) is 11.6 Å². The average molecular weight is 284 g/mol. The number of benzene rings is 1. The maximum Gasteiger partial charge on any atom is 0.315 e. The Morgan fingerprint density at radius 2 is 2.20 bits per heavy atom. The van der Waals surface area contributed by atoms with E-state index in [1.807, 2.05) is 6.92 Å². The monoisotopic (exact) mass is 284 g/mol. The molecule has 20 heavy (non-hydrogen) atoms. The van der Waals surface area contributed by atoms with Gasteiger partial charge in [0.25, 0.3) is 0 Å². The minimum Gasteiger partial charge on any atom is -0.497 e. The van der Waals surface area contributed by atoms with Crippen LogP contribution in [0.15, 0.2) is 18.2 Å². The summed E-state index contributed by atoms with van der Waals surface area (Å²) in [5, 5.41) is 14.2. The third-order valence-corrected chi connectivity index (χ3v) is 2.93. The fourth-order valence-corrected chi connectivity index (χ4v) is 1.79. The largest absolute Gasteiger partial charge is 0.497 e. The Morgan fingerprint density at radius 1 is 1.45 bits per heavy atom. The third kappa shape index (κ3) is 5.44. The predicted molar refractivity (Wildman–Crippen MR) is 74.1 cm³/mol. The number of nitrogens with one attached hydrogen (secondary N) is 2. The zero-order valence-corrected chi connectivity index (χ0v) is 11.8. The highest BCUT2D eigenvalue weighted by Crippen LogP contribution is 2.15. The van der Waals surface area contributed by atoms with Crippen LogP contribution in [0.1, 0.15) is 25.3 Å². The standard InChI is InChI=1S/C14H21FN2O3/c1-3-12(4-5-18)17-14(19)16-9-10-6-11(15)8-13(7-10)20-2/h6-8,12,18H,3-5,9H2,1-2H3,(H2,16,17,19). The molecule has 0 aliphatic heterocycles. The van der Waals surface area contributed by atoms with Gasteiger partial charge in [0.15, 0.2) is 0 Å². The number of carbonyl (C=O) groups excluding carboxylic acids is 1. The van der Waals surface area contributed by atoms with E-state index in [4.69, 9.17) is 9.84 Å². The molecule has 3 N–H and O–H groups in total. The fourth-order valence-electron chi connectivity index (χ4n) is 1.79. The molecule has 1 atom stereocenters. The lowest BCUT2D eigenvalue weighted by atomic mass is 10.1. The highest BCUT2D eigenvalue weighted by molar-refractivity contribution is 5.74. The molecule has 0 fully saturated rings. The molecule has 0 saturated carbocycles. The number of carbonyl (C=O) groups is 1. The summed E-state index contributed by atoms with van der Waals surface area (Å²) in [4.78, 5) is 11.7. The molecule has 2 amide bonds. The quantitative estimate of drug-likeness (QED) is 0.715. The van der Waals surface area contributed by atoms with Gasteiger partial charge in [0.2, 0.25) is 0 Å². The molecule has 0 heterocycles. The Hall–Kier alpha value is -1.82. The van der Waals surface area contributed by atoms with Crippen LogP contribution >= 0.6 is 0 Å². The molecule has 0 aliphatic carbocycles. The summed E-state index contributed by atoms with van der Waals surface area (Å²) in [5.41, 5.74) is 0.618. The second kappa shape index (κ2) is 8.37. The number of ether oxygens (including phenoxy) is 1. The van der Waals surface area contributed by atoms with Gasteiger partial charge in [-0.15, -0.1) is 0 Å². The van der Waals surface area contributed by atoms with Gasteiger partial charge in [-0.3, -0.25) is 0 Å². The summed E-state index contributed by atoms with van der Waals surface area (Å²) in [6.45, 7) is 2.16. The van der Waals surface area contributed by atoms with Crippen LogP contribution in [0.2, 0.25) is 0 Å². The minimum atomic E-state index is -0.409. The van der Waals surface area contributed by atoms with Crippen LogP contribution in [-0.2, 0) is 6.54 Å². The SMILES string of the molecule is CCC(CCO)NC(=O)NCc1cc(F)cc(OC)c1. The Morgan fingerprint density at radius 3 is 2.80 bits per heavy atom. The first kappa shape index (κ1) is 16.2. The molecule has 0 spiro atoms. The van der Waals surface area contributed by atoms with Crippen molar-refractivity contribution in [3.8, 4) is 5.75 Å². The summed E-state index contributed by atoms with van der Waals surface area (Å²) < 4.78 is 18.2. The van der Waals surface area contributed by atoms with Gasteiger partial charge < -0.3 is 20.5 Å². The lowest BCUT2D eigenvalue weighted by Gasteiger charge is -2.16. The molecule has 1 rings (SSSR count). The van der Waals surface area contributed by atoms with Gasteiger partial charge in [-0.2, -0.15) is 0 Å². The van der Waals surface area contributed by atoms with E-state index in [1.165, 1.54) is 19.2 Å². The Bertz CT molecular complexity index is 440. The summed E-state index contributed by atoms with van der Waals surface area (Å²) in [6.07, 6.45) is 1.25. The number of rotatable bonds is 7. The van der Waals surface area contributed by atoms with Crippen molar-refractivity contribution in [3.63, 3.8) is 0 Å². The Kier molecular flexibility index (Phi) is 6.79. The fraction of sp³-hybridized carbons (Fsp3) is 0.500. The summed E-state index contributed by atoms with van der Waals surface area (Å²) in [6, 6.07) is 3.87. The normalized spacial score (nSPS) is 11.8. The molecular formula is C14H21FN2O3. The number of urea groups is 1. The van der Waals surface area contributed by atoms with Crippen molar-refractivity contribution >= 4 is 6.03 Å². The van der Waals surface area contributed by atoms with Crippen molar-refractivity contribution in [3.05, 3.63) is 29.6 Å². The van der Waals surface area contributed by atoms with E-state index in [-0.39, 0.29) is 25.2 Å². The average Bonchev–Trinajstić information content (AvgIpc) is 2.44. The third-order valence-electron chi connectivity index (χ3n) is 2.93. The highest BCUT2D eigenvalue weighted by Gasteiger charge is 2.09. The number of hydrogen-bond acceptors (Lipinski definition) is 3. The van der Waals surface area contributed by atoms with E-state index in [0.29, 0.717) is 17.7 Å². The first-order valence-electron chi connectivity index (χ1n) is 6.57. The lowest BCUT2D eigenvalue weighted by molar-refractivity contribution is 0.227. The number of aliphatic hydroxyl groups excluding tert-OH is 1. The molecule has 0 saturated heterocycles. The maximum atomic E-state index is 13.3. The first-order chi connectivity index (χ1) is 9.58. The molecule has 112 valence electrons. The molecule has 0 bridgehead atoms. The van der Waals surface area contributed by atoms with Gasteiger partial charge in [0, 0.05) is 25.3 Å². The predicted octanol–water partition coefficient (Wildman–Crippen LogP) is 1.79. The van der Waals surface area contributed by atoms with Crippen molar-refractivity contribution in [2.45, 2.75) is 32.4 Å². The smallest absolute Gasteiger partial charge is 0.315 e. The van der Waals surface area contributed by atoms with Gasteiger partial charge in [-0.05, 0) is 30.5 Å². The Labute approximate surface area is 118 Å². The topological polar surface area (TPSA) is 70.6 Å². The van der Waals surface area contributed by atoms with E-state index < -0.39 is 5.82 Å². The van der Waals surface area contributed by atoms with Crippen molar-refractivity contribution in [2.75, 3.05) is 13.7 Å². The van der Waals surface area contributed by atoms with E-state index >= 15 is 0 Å². The van der Waals surface area contributed by atoms with Gasteiger partial charge >= 0.3 is 6.03 Å². The van der Waals surface area contributed by atoms with E-state index in [1.54, 1.807) is 6.07 Å². The number of aliphatic hydroxyl groups is 1. The van der Waals surface area contributed by atoms with Gasteiger partial charge in [-0.1, -0.05) is 6.92 Å². The number of halogens is 1. The maximum absolute atomic E-state index is 13.3. The molecule has 0 aromatic heterocycles. The zero-order valence-electron chi connectivity index (χ0n) is 11.8. The summed E-state index contributed by atoms with van der Waals surface area (Å²) in [5.74, 6) is 0.00203. The minimum absolute atomic E-state index is 0.0277. The first-order valence-corrected chi connectivity index (χ1v) is 6.57. The highest BCUT2D eigenvalue weighted by atomic mass is 19.1. The van der Waals surface area contributed by atoms with Crippen LogP contribution in [0.3, 0.4) is 0 Å². The molecule has 0 aliphatic rings. The van der Waals surface area contributed by atoms with Crippen LogP contribution < -0.4 is 15.4 Å². The van der Waals surface area contributed by atoms with E-state index in [9.17, 15) is 9.18 Å². The van der Waals surface area contributed by atoms with Crippen LogP contribution in [0.4, 0.5) is 9.18 Å². The van der Waals surface area contributed by atoms with Crippen LogP contribution in [0.5, 0.6) is 5.75 Å². The summed E-state index contributed by atoms with van der Waals surface area (Å²) in [7, 11) is 1.46. The van der Waals surface area contributed by atoms with Crippen LogP contribution in [0.25, 0.3) is 0 Å². The molecule has 6 heteroatoms. The molecule has 1 unspecified atom stereocenters. The number of methoxy groups -OCH3 is 1. The second-order valence-corrected chi connectivity index (χ2v) is 4.44. The zero-order chi connectivity index (χ0) is 15.0. The van der Waals surface area contributed by atoms with E-state index in [2.05, 4.69) is 10.6 Å². The molecule has 5 nitrogen and oxygen atoms in total. The molecule has 1 aromatic rings. The Balaban J connectivity index is 2.50. The second-order valence-electron chi connectivity index (χ2n) is 4.44. The van der Waals surface area contributed by atoms with Gasteiger partial charge in [-0.25, -0.2) is 9.18 Å². The molecule has 0 radical (unpaired) electrons. The van der Waals surface area contributed by atoms with Crippen LogP contribution in [0, 0.1) is 5.82 Å². The van der Waals surface area contributed by atoms with Crippen molar-refractivity contribution in [1.29, 1.82) is 0 Å². The van der Waals surface area contributed by atoms with Crippen molar-refractivity contribution in [1.82, 2.24) is 10.6 Å². The van der Waals surface area contributed by atoms with Crippen molar-refractivity contribution in [2.24, 2.45) is 0 Å². The number of hydrogen-bond donors (Lipinski definition) is 3. The number of amides is 2. The lowest BCUT2D eigenvalue weighted by Crippen LogP contribution is -2.41.